The molecule has 0 aliphatic heterocycles. The first-order chi connectivity index (χ1) is 6.31. The van der Waals surface area contributed by atoms with Crippen LogP contribution in [0.4, 0.5) is 9.59 Å². The summed E-state index contributed by atoms with van der Waals surface area (Å²) in [6.07, 6.45) is -0.522. The number of carbonyl (C=O) groups is 2. The third kappa shape index (κ3) is 2.90. The van der Waals surface area contributed by atoms with Gasteiger partial charge in [0.2, 0.25) is 0 Å². The Morgan fingerprint density at radius 2 is 1.86 bits per heavy atom. The van der Waals surface area contributed by atoms with Crippen LogP contribution in [0.2, 0.25) is 0 Å². The molecule has 5 nitrogen and oxygen atoms in total. The number of imide groups is 1. The first-order valence-corrected chi connectivity index (χ1v) is 4.56. The van der Waals surface area contributed by atoms with Crippen molar-refractivity contribution < 1.29 is 19.4 Å². The van der Waals surface area contributed by atoms with E-state index in [9.17, 15) is 9.59 Å². The zero-order chi connectivity index (χ0) is 10.9. The Balaban J connectivity index is 2.60. The highest BCUT2D eigenvalue weighted by molar-refractivity contribution is 5.87. The van der Waals surface area contributed by atoms with Gasteiger partial charge in [-0.3, -0.25) is 0 Å². The molecule has 0 heterocycles. The number of hydrogen-bond donors (Lipinski definition) is 1. The summed E-state index contributed by atoms with van der Waals surface area (Å²) in [6.45, 7) is 5.12. The lowest BCUT2D eigenvalue weighted by molar-refractivity contribution is 0.0256. The number of hydrogen-bond acceptors (Lipinski definition) is 3. The van der Waals surface area contributed by atoms with Gasteiger partial charge in [-0.25, -0.2) is 14.5 Å². The van der Waals surface area contributed by atoms with E-state index in [2.05, 4.69) is 0 Å². The van der Waals surface area contributed by atoms with Gasteiger partial charge in [-0.05, 0) is 33.6 Å². The summed E-state index contributed by atoms with van der Waals surface area (Å²) in [5.41, 5.74) is -0.653. The molecule has 0 spiro atoms. The number of carboxylic acid groups (broad SMARTS) is 1. The highest BCUT2D eigenvalue weighted by Gasteiger charge is 2.39. The van der Waals surface area contributed by atoms with E-state index in [1.165, 1.54) is 0 Å². The quantitative estimate of drug-likeness (QED) is 0.705. The van der Waals surface area contributed by atoms with Crippen molar-refractivity contribution in [2.45, 2.75) is 45.3 Å². The van der Waals surface area contributed by atoms with Gasteiger partial charge in [0.25, 0.3) is 0 Å². The normalized spacial score (nSPS) is 16.2. The number of amides is 2. The molecule has 1 aliphatic rings. The van der Waals surface area contributed by atoms with Gasteiger partial charge in [0.05, 0.1) is 0 Å². The Hall–Kier alpha value is -1.26. The maximum absolute atomic E-state index is 11.4. The lowest BCUT2D eigenvalue weighted by Gasteiger charge is -2.24. The molecule has 1 saturated carbocycles. The van der Waals surface area contributed by atoms with Crippen LogP contribution >= 0.6 is 0 Å². The number of carbonyl (C=O) groups excluding carboxylic acids is 1. The molecule has 0 saturated heterocycles. The third-order valence-corrected chi connectivity index (χ3v) is 1.71. The zero-order valence-electron chi connectivity index (χ0n) is 8.61. The highest BCUT2D eigenvalue weighted by atomic mass is 16.6. The fourth-order valence-electron chi connectivity index (χ4n) is 1.03. The Labute approximate surface area is 82.6 Å². The molecule has 14 heavy (non-hydrogen) atoms. The molecule has 1 N–H and O–H groups in total. The summed E-state index contributed by atoms with van der Waals surface area (Å²) in [4.78, 5) is 22.9. The lowest BCUT2D eigenvalue weighted by atomic mass is 10.2. The van der Waals surface area contributed by atoms with E-state index in [1.807, 2.05) is 0 Å². The topological polar surface area (TPSA) is 66.8 Å². The predicted molar refractivity (Wildman–Crippen MR) is 49.1 cm³/mol. The number of rotatable bonds is 1. The van der Waals surface area contributed by atoms with Gasteiger partial charge < -0.3 is 9.84 Å². The average molecular weight is 201 g/mol. The number of ether oxygens (including phenoxy) is 1. The standard InChI is InChI=1S/C9H15NO4/c1-9(2,3)14-8(13)10(7(11)12)6-4-5-6/h6H,4-5H2,1-3H3,(H,11,12). The molecule has 0 bridgehead atoms. The summed E-state index contributed by atoms with van der Waals surface area (Å²) in [5, 5.41) is 8.78. The lowest BCUT2D eigenvalue weighted by Crippen LogP contribution is -2.41. The molecule has 1 aliphatic carbocycles. The van der Waals surface area contributed by atoms with Crippen LogP contribution in [0, 0.1) is 0 Å². The first kappa shape index (κ1) is 10.8. The number of nitrogens with zero attached hydrogens (tertiary/aromatic N) is 1. The van der Waals surface area contributed by atoms with Crippen molar-refractivity contribution >= 4 is 12.2 Å². The van der Waals surface area contributed by atoms with Gasteiger partial charge in [-0.2, -0.15) is 0 Å². The summed E-state index contributed by atoms with van der Waals surface area (Å²) < 4.78 is 4.97. The third-order valence-electron chi connectivity index (χ3n) is 1.71. The van der Waals surface area contributed by atoms with Crippen LogP contribution in [0.3, 0.4) is 0 Å². The van der Waals surface area contributed by atoms with Gasteiger partial charge in [0, 0.05) is 6.04 Å². The van der Waals surface area contributed by atoms with E-state index < -0.39 is 17.8 Å². The second-order valence-corrected chi connectivity index (χ2v) is 4.36. The largest absolute Gasteiger partial charge is 0.465 e. The predicted octanol–water partition coefficient (Wildman–Crippen LogP) is 2.06. The van der Waals surface area contributed by atoms with Crippen LogP contribution in [-0.4, -0.2) is 33.8 Å². The Morgan fingerprint density at radius 1 is 1.36 bits per heavy atom. The second kappa shape index (κ2) is 3.48. The van der Waals surface area contributed by atoms with Crippen LogP contribution in [-0.2, 0) is 4.74 Å². The van der Waals surface area contributed by atoms with Crippen molar-refractivity contribution in [2.75, 3.05) is 0 Å². The monoisotopic (exact) mass is 201 g/mol. The summed E-state index contributed by atoms with van der Waals surface area (Å²) in [6, 6.07) is -0.178. The molecule has 0 atom stereocenters. The molecular weight excluding hydrogens is 186 g/mol. The van der Waals surface area contributed by atoms with E-state index >= 15 is 0 Å². The molecule has 1 fully saturated rings. The first-order valence-electron chi connectivity index (χ1n) is 4.56. The second-order valence-electron chi connectivity index (χ2n) is 4.36. The van der Waals surface area contributed by atoms with Crippen LogP contribution in [0.15, 0.2) is 0 Å². The molecule has 1 rings (SSSR count). The Morgan fingerprint density at radius 3 is 2.14 bits per heavy atom. The Kier molecular flexibility index (Phi) is 2.69. The van der Waals surface area contributed by atoms with Crippen LogP contribution in [0.5, 0.6) is 0 Å². The zero-order valence-corrected chi connectivity index (χ0v) is 8.61. The van der Waals surface area contributed by atoms with Crippen LogP contribution in [0.1, 0.15) is 33.6 Å². The van der Waals surface area contributed by atoms with Crippen molar-refractivity contribution in [3.63, 3.8) is 0 Å². The molecule has 2 amide bonds. The van der Waals surface area contributed by atoms with Crippen molar-refractivity contribution in [3.05, 3.63) is 0 Å². The molecule has 80 valence electrons. The minimum Gasteiger partial charge on any atom is -0.465 e. The SMILES string of the molecule is CC(C)(C)OC(=O)N(C(=O)O)C1CC1. The molecule has 0 aromatic rings. The molecule has 5 heteroatoms. The van der Waals surface area contributed by atoms with Crippen molar-refractivity contribution in [1.82, 2.24) is 4.90 Å². The van der Waals surface area contributed by atoms with E-state index in [-0.39, 0.29) is 6.04 Å². The van der Waals surface area contributed by atoms with E-state index in [0.717, 1.165) is 17.7 Å². The van der Waals surface area contributed by atoms with Gasteiger partial charge in [-0.1, -0.05) is 0 Å². The van der Waals surface area contributed by atoms with Gasteiger partial charge >= 0.3 is 12.2 Å². The van der Waals surface area contributed by atoms with Crippen molar-refractivity contribution in [3.8, 4) is 0 Å². The van der Waals surface area contributed by atoms with Crippen LogP contribution in [0.25, 0.3) is 0 Å². The minimum absolute atomic E-state index is 0.178. The molecule has 0 aromatic heterocycles. The highest BCUT2D eigenvalue weighted by Crippen LogP contribution is 2.28. The van der Waals surface area contributed by atoms with E-state index in [1.54, 1.807) is 20.8 Å². The summed E-state index contributed by atoms with van der Waals surface area (Å²) in [7, 11) is 0. The van der Waals surface area contributed by atoms with E-state index in [0.29, 0.717) is 0 Å². The minimum atomic E-state index is -1.23. The smallest absolute Gasteiger partial charge is 0.420 e. The van der Waals surface area contributed by atoms with Crippen LogP contribution < -0.4 is 0 Å². The van der Waals surface area contributed by atoms with Gasteiger partial charge in [-0.15, -0.1) is 0 Å². The van der Waals surface area contributed by atoms with Crippen molar-refractivity contribution in [2.24, 2.45) is 0 Å². The average Bonchev–Trinajstić information content (AvgIpc) is 2.65. The fourth-order valence-corrected chi connectivity index (χ4v) is 1.03. The molecular formula is C9H15NO4. The maximum Gasteiger partial charge on any atom is 0.420 e. The molecule has 0 unspecified atom stereocenters. The van der Waals surface area contributed by atoms with Crippen molar-refractivity contribution in [1.29, 1.82) is 0 Å². The van der Waals surface area contributed by atoms with Gasteiger partial charge in [0.15, 0.2) is 0 Å². The summed E-state index contributed by atoms with van der Waals surface area (Å²) >= 11 is 0. The van der Waals surface area contributed by atoms with E-state index in [4.69, 9.17) is 9.84 Å². The fraction of sp³-hybridized carbons (Fsp3) is 0.778. The Bertz CT molecular complexity index is 252. The molecule has 0 radical (unpaired) electrons. The summed E-state index contributed by atoms with van der Waals surface area (Å²) in [5.74, 6) is 0. The van der Waals surface area contributed by atoms with Gasteiger partial charge in [0.1, 0.15) is 5.60 Å². The maximum atomic E-state index is 11.4. The molecule has 0 aromatic carbocycles.